The molecule has 148 valence electrons. The molecule has 0 bridgehead atoms. The first-order valence-corrected chi connectivity index (χ1v) is 9.05. The Kier molecular flexibility index (Phi) is 4.66. The van der Waals surface area contributed by atoms with Gasteiger partial charge in [0.15, 0.2) is 23.0 Å². The number of hydrogen-bond donors (Lipinski definition) is 0. The Morgan fingerprint density at radius 2 is 1.68 bits per heavy atom. The fourth-order valence-electron chi connectivity index (χ4n) is 3.88. The standard InChI is InChI=1S/C21H23NO6/c1-22-11-14-13(5-6-15-19(14)28-8-7-27-15)18(21(22)23)12-9-16(24-2)20(26-4)17(10-12)25-3/h5-6,9-10,18H,7-8,11H2,1-4H3. The van der Waals surface area contributed by atoms with Crippen molar-refractivity contribution in [1.29, 1.82) is 0 Å². The second kappa shape index (κ2) is 7.14. The van der Waals surface area contributed by atoms with Gasteiger partial charge in [-0.1, -0.05) is 6.07 Å². The highest BCUT2D eigenvalue weighted by atomic mass is 16.6. The summed E-state index contributed by atoms with van der Waals surface area (Å²) in [4.78, 5) is 14.9. The molecule has 0 spiro atoms. The highest BCUT2D eigenvalue weighted by Crippen LogP contribution is 2.47. The highest BCUT2D eigenvalue weighted by Gasteiger charge is 2.37. The van der Waals surface area contributed by atoms with Gasteiger partial charge >= 0.3 is 0 Å². The number of nitrogens with zero attached hydrogens (tertiary/aromatic N) is 1. The van der Waals surface area contributed by atoms with Gasteiger partial charge in [-0.15, -0.1) is 0 Å². The van der Waals surface area contributed by atoms with E-state index in [-0.39, 0.29) is 5.91 Å². The van der Waals surface area contributed by atoms with Gasteiger partial charge in [0.1, 0.15) is 13.2 Å². The lowest BCUT2D eigenvalue weighted by molar-refractivity contribution is -0.132. The lowest BCUT2D eigenvalue weighted by Crippen LogP contribution is -2.37. The van der Waals surface area contributed by atoms with E-state index >= 15 is 0 Å². The van der Waals surface area contributed by atoms with Crippen LogP contribution >= 0.6 is 0 Å². The van der Waals surface area contributed by atoms with E-state index in [9.17, 15) is 4.79 Å². The number of hydrogen-bond acceptors (Lipinski definition) is 6. The molecular weight excluding hydrogens is 362 g/mol. The van der Waals surface area contributed by atoms with Crippen LogP contribution in [-0.4, -0.2) is 52.4 Å². The van der Waals surface area contributed by atoms with E-state index in [2.05, 4.69) is 0 Å². The SMILES string of the molecule is COc1cc(C2C(=O)N(C)Cc3c2ccc2c3OCCO2)cc(OC)c1OC. The zero-order chi connectivity index (χ0) is 19.8. The van der Waals surface area contributed by atoms with Crippen LogP contribution in [0.1, 0.15) is 22.6 Å². The number of methoxy groups -OCH3 is 3. The molecule has 4 rings (SSSR count). The Bertz CT molecular complexity index is 900. The molecule has 0 radical (unpaired) electrons. The highest BCUT2D eigenvalue weighted by molar-refractivity contribution is 5.90. The third kappa shape index (κ3) is 2.78. The summed E-state index contributed by atoms with van der Waals surface area (Å²) in [5.41, 5.74) is 2.64. The molecule has 2 aromatic rings. The van der Waals surface area contributed by atoms with Crippen LogP contribution in [0.5, 0.6) is 28.7 Å². The molecule has 7 nitrogen and oxygen atoms in total. The zero-order valence-electron chi connectivity index (χ0n) is 16.4. The second-order valence-corrected chi connectivity index (χ2v) is 6.74. The quantitative estimate of drug-likeness (QED) is 0.806. The fraction of sp³-hybridized carbons (Fsp3) is 0.381. The van der Waals surface area contributed by atoms with E-state index in [4.69, 9.17) is 23.7 Å². The minimum Gasteiger partial charge on any atom is -0.493 e. The molecule has 28 heavy (non-hydrogen) atoms. The largest absolute Gasteiger partial charge is 0.493 e. The lowest BCUT2D eigenvalue weighted by Gasteiger charge is -2.34. The van der Waals surface area contributed by atoms with Gasteiger partial charge in [0.2, 0.25) is 11.7 Å². The topological polar surface area (TPSA) is 66.5 Å². The molecule has 2 heterocycles. The Hall–Kier alpha value is -3.09. The van der Waals surface area contributed by atoms with Gasteiger partial charge in [0.05, 0.1) is 27.2 Å². The van der Waals surface area contributed by atoms with E-state index in [0.29, 0.717) is 37.0 Å². The Morgan fingerprint density at radius 1 is 1.00 bits per heavy atom. The van der Waals surface area contributed by atoms with Crippen LogP contribution in [0.4, 0.5) is 0 Å². The maximum absolute atomic E-state index is 13.2. The van der Waals surface area contributed by atoms with Crippen LogP contribution in [0, 0.1) is 0 Å². The molecule has 0 aliphatic carbocycles. The van der Waals surface area contributed by atoms with Crippen LogP contribution in [-0.2, 0) is 11.3 Å². The van der Waals surface area contributed by atoms with E-state index < -0.39 is 5.92 Å². The molecule has 1 atom stereocenters. The number of fused-ring (bicyclic) bond motifs is 3. The number of ether oxygens (including phenoxy) is 5. The molecule has 0 N–H and O–H groups in total. The van der Waals surface area contributed by atoms with Crippen molar-refractivity contribution in [2.45, 2.75) is 12.5 Å². The van der Waals surface area contributed by atoms with Gasteiger partial charge in [-0.05, 0) is 29.3 Å². The van der Waals surface area contributed by atoms with E-state index in [1.165, 1.54) is 0 Å². The van der Waals surface area contributed by atoms with Crippen LogP contribution in [0.2, 0.25) is 0 Å². The summed E-state index contributed by atoms with van der Waals surface area (Å²) in [6.07, 6.45) is 0. The number of rotatable bonds is 4. The van der Waals surface area contributed by atoms with Crippen LogP contribution in [0.3, 0.4) is 0 Å². The van der Waals surface area contributed by atoms with Crippen LogP contribution in [0.15, 0.2) is 24.3 Å². The molecule has 2 aliphatic heterocycles. The first kappa shape index (κ1) is 18.3. The number of benzene rings is 2. The molecule has 1 amide bonds. The summed E-state index contributed by atoms with van der Waals surface area (Å²) in [6.45, 7) is 1.49. The second-order valence-electron chi connectivity index (χ2n) is 6.74. The predicted octanol–water partition coefficient (Wildman–Crippen LogP) is 2.59. The summed E-state index contributed by atoms with van der Waals surface area (Å²) in [5, 5.41) is 0. The Morgan fingerprint density at radius 3 is 2.32 bits per heavy atom. The van der Waals surface area contributed by atoms with Crippen molar-refractivity contribution in [2.24, 2.45) is 0 Å². The number of amides is 1. The van der Waals surface area contributed by atoms with Crippen LogP contribution < -0.4 is 23.7 Å². The smallest absolute Gasteiger partial charge is 0.234 e. The third-order valence-electron chi connectivity index (χ3n) is 5.20. The molecule has 1 unspecified atom stereocenters. The number of carbonyl (C=O) groups is 1. The van der Waals surface area contributed by atoms with Crippen molar-refractivity contribution in [3.8, 4) is 28.7 Å². The molecule has 7 heteroatoms. The monoisotopic (exact) mass is 385 g/mol. The van der Waals surface area contributed by atoms with E-state index in [0.717, 1.165) is 28.2 Å². The lowest BCUT2D eigenvalue weighted by atomic mass is 9.83. The van der Waals surface area contributed by atoms with Gasteiger partial charge in [-0.3, -0.25) is 4.79 Å². The van der Waals surface area contributed by atoms with Gasteiger partial charge in [-0.2, -0.15) is 0 Å². The summed E-state index contributed by atoms with van der Waals surface area (Å²) in [5.74, 6) is 2.45. The van der Waals surface area contributed by atoms with E-state index in [1.54, 1.807) is 33.3 Å². The Labute approximate surface area is 163 Å². The van der Waals surface area contributed by atoms with Crippen molar-refractivity contribution in [2.75, 3.05) is 41.6 Å². The van der Waals surface area contributed by atoms with E-state index in [1.807, 2.05) is 24.3 Å². The molecular formula is C21H23NO6. The normalized spacial score (nSPS) is 17.8. The van der Waals surface area contributed by atoms with Crippen molar-refractivity contribution in [1.82, 2.24) is 4.90 Å². The van der Waals surface area contributed by atoms with Crippen molar-refractivity contribution in [3.63, 3.8) is 0 Å². The third-order valence-corrected chi connectivity index (χ3v) is 5.20. The average molecular weight is 385 g/mol. The maximum Gasteiger partial charge on any atom is 0.234 e. The number of carbonyl (C=O) groups excluding carboxylic acids is 1. The summed E-state index contributed by atoms with van der Waals surface area (Å²) < 4.78 is 28.0. The van der Waals surface area contributed by atoms with Crippen molar-refractivity contribution >= 4 is 5.91 Å². The first-order chi connectivity index (χ1) is 13.6. The summed E-state index contributed by atoms with van der Waals surface area (Å²) in [6, 6.07) is 7.46. The first-order valence-electron chi connectivity index (χ1n) is 9.05. The van der Waals surface area contributed by atoms with Gasteiger partial charge in [0.25, 0.3) is 0 Å². The molecule has 2 aromatic carbocycles. The van der Waals surface area contributed by atoms with Gasteiger partial charge in [0, 0.05) is 19.2 Å². The summed E-state index contributed by atoms with van der Waals surface area (Å²) >= 11 is 0. The molecule has 0 aromatic heterocycles. The average Bonchev–Trinajstić information content (AvgIpc) is 2.73. The van der Waals surface area contributed by atoms with Crippen LogP contribution in [0.25, 0.3) is 0 Å². The summed E-state index contributed by atoms with van der Waals surface area (Å²) in [7, 11) is 6.47. The number of likely N-dealkylation sites (N-methyl/N-ethyl adjacent to an activating group) is 1. The van der Waals surface area contributed by atoms with Crippen molar-refractivity contribution in [3.05, 3.63) is 41.0 Å². The molecule has 0 saturated carbocycles. The molecule has 2 aliphatic rings. The maximum atomic E-state index is 13.2. The van der Waals surface area contributed by atoms with Gasteiger partial charge < -0.3 is 28.6 Å². The zero-order valence-corrected chi connectivity index (χ0v) is 16.4. The van der Waals surface area contributed by atoms with Gasteiger partial charge in [-0.25, -0.2) is 0 Å². The Balaban J connectivity index is 1.90. The fourth-order valence-corrected chi connectivity index (χ4v) is 3.88. The van der Waals surface area contributed by atoms with Crippen molar-refractivity contribution < 1.29 is 28.5 Å². The molecule has 0 saturated heterocycles. The minimum absolute atomic E-state index is 0.00143. The minimum atomic E-state index is -0.502. The molecule has 0 fully saturated rings. The predicted molar refractivity (Wildman–Crippen MR) is 102 cm³/mol.